The molecule has 2 N–H and O–H groups in total. The number of nitrogens with one attached hydrogen (secondary N) is 2. The Balaban J connectivity index is 1.84. The first kappa shape index (κ1) is 20.4. The maximum absolute atomic E-state index is 12.0. The lowest BCUT2D eigenvalue weighted by Gasteiger charge is -2.39. The van der Waals surface area contributed by atoms with Gasteiger partial charge in [0, 0.05) is 32.2 Å². The van der Waals surface area contributed by atoms with Crippen molar-refractivity contribution in [1.82, 2.24) is 15.5 Å². The van der Waals surface area contributed by atoms with Gasteiger partial charge in [-0.25, -0.2) is 0 Å². The van der Waals surface area contributed by atoms with Gasteiger partial charge >= 0.3 is 0 Å². The molecule has 0 saturated carbocycles. The van der Waals surface area contributed by atoms with Crippen LogP contribution < -0.4 is 10.6 Å². The molecule has 4 heteroatoms. The van der Waals surface area contributed by atoms with Gasteiger partial charge in [0.15, 0.2) is 0 Å². The van der Waals surface area contributed by atoms with Crippen LogP contribution >= 0.6 is 0 Å². The average molecular weight is 326 g/mol. The molecule has 1 saturated heterocycles. The highest BCUT2D eigenvalue weighted by Gasteiger charge is 2.32. The Kier molecular flexibility index (Phi) is 10.5. The molecule has 1 heterocycles. The van der Waals surface area contributed by atoms with Crippen LogP contribution in [-0.4, -0.2) is 49.6 Å². The molecule has 1 fully saturated rings. The first-order valence-electron chi connectivity index (χ1n) is 9.72. The van der Waals surface area contributed by atoms with Crippen molar-refractivity contribution in [3.8, 4) is 0 Å². The number of rotatable bonds is 13. The van der Waals surface area contributed by atoms with E-state index in [2.05, 4.69) is 43.2 Å². The molecule has 0 aromatic heterocycles. The number of carbonyl (C=O) groups excluding carboxylic acids is 1. The molecule has 0 atom stereocenters. The van der Waals surface area contributed by atoms with Gasteiger partial charge in [-0.3, -0.25) is 4.79 Å². The molecule has 0 radical (unpaired) electrons. The number of amides is 1. The largest absolute Gasteiger partial charge is 0.356 e. The van der Waals surface area contributed by atoms with Crippen LogP contribution in [0.4, 0.5) is 0 Å². The lowest BCUT2D eigenvalue weighted by atomic mass is 9.97. The Hall–Kier alpha value is -0.610. The Morgan fingerprint density at radius 2 is 1.52 bits per heavy atom. The second-order valence-electron chi connectivity index (χ2n) is 7.83. The summed E-state index contributed by atoms with van der Waals surface area (Å²) >= 11 is 0. The summed E-state index contributed by atoms with van der Waals surface area (Å²) in [5.74, 6) is 1.20. The third kappa shape index (κ3) is 9.98. The number of hydrogen-bond donors (Lipinski definition) is 2. The van der Waals surface area contributed by atoms with Gasteiger partial charge in [-0.15, -0.1) is 0 Å². The topological polar surface area (TPSA) is 44.4 Å². The molecule has 0 aliphatic carbocycles. The molecule has 0 spiro atoms. The van der Waals surface area contributed by atoms with E-state index in [1.165, 1.54) is 32.1 Å². The number of unbranched alkanes of at least 4 members (excludes halogenated alkanes) is 5. The molecule has 0 aromatic rings. The van der Waals surface area contributed by atoms with Gasteiger partial charge in [-0.2, -0.15) is 0 Å². The van der Waals surface area contributed by atoms with Crippen LogP contribution in [0.2, 0.25) is 0 Å². The van der Waals surface area contributed by atoms with E-state index in [0.717, 1.165) is 39.1 Å². The molecular weight excluding hydrogens is 286 g/mol. The summed E-state index contributed by atoms with van der Waals surface area (Å²) in [6, 6.07) is 0.603. The zero-order chi connectivity index (χ0) is 17.1. The monoisotopic (exact) mass is 325 g/mol. The fraction of sp³-hybridized carbons (Fsp3) is 0.947. The third-order valence-electron chi connectivity index (χ3n) is 4.41. The van der Waals surface area contributed by atoms with E-state index in [1.807, 2.05) is 0 Å². The molecule has 0 bridgehead atoms. The van der Waals surface area contributed by atoms with Crippen molar-refractivity contribution in [1.29, 1.82) is 0 Å². The summed E-state index contributed by atoms with van der Waals surface area (Å²) < 4.78 is 0. The predicted octanol–water partition coefficient (Wildman–Crippen LogP) is 3.03. The van der Waals surface area contributed by atoms with Crippen LogP contribution in [0.5, 0.6) is 0 Å². The normalized spacial score (nSPS) is 16.1. The molecule has 4 nitrogen and oxygen atoms in total. The van der Waals surface area contributed by atoms with Crippen LogP contribution in [0.3, 0.4) is 0 Å². The Morgan fingerprint density at radius 1 is 0.957 bits per heavy atom. The van der Waals surface area contributed by atoms with Crippen molar-refractivity contribution in [3.05, 3.63) is 0 Å². The number of hydrogen-bond acceptors (Lipinski definition) is 3. The quantitative estimate of drug-likeness (QED) is 0.512. The van der Waals surface area contributed by atoms with Gasteiger partial charge < -0.3 is 15.5 Å². The fourth-order valence-electron chi connectivity index (χ4n) is 3.10. The number of nitrogens with zero attached hydrogens (tertiary/aromatic N) is 1. The average Bonchev–Trinajstić information content (AvgIpc) is 2.43. The lowest BCUT2D eigenvalue weighted by Crippen LogP contribution is -2.54. The van der Waals surface area contributed by atoms with E-state index in [-0.39, 0.29) is 11.8 Å². The highest BCUT2D eigenvalue weighted by Crippen LogP contribution is 2.17. The van der Waals surface area contributed by atoms with E-state index in [0.29, 0.717) is 12.0 Å². The molecule has 1 rings (SSSR count). The van der Waals surface area contributed by atoms with E-state index in [1.54, 1.807) is 0 Å². The molecule has 136 valence electrons. The van der Waals surface area contributed by atoms with E-state index in [9.17, 15) is 4.79 Å². The van der Waals surface area contributed by atoms with Crippen molar-refractivity contribution in [2.75, 3.05) is 32.7 Å². The van der Waals surface area contributed by atoms with Gasteiger partial charge in [0.1, 0.15) is 0 Å². The summed E-state index contributed by atoms with van der Waals surface area (Å²) in [5.41, 5.74) is 0. The Bertz CT molecular complexity index is 312. The fourth-order valence-corrected chi connectivity index (χ4v) is 3.10. The van der Waals surface area contributed by atoms with E-state index >= 15 is 0 Å². The molecule has 1 amide bonds. The minimum Gasteiger partial charge on any atom is -0.356 e. The first-order chi connectivity index (χ1) is 11.0. The first-order valence-corrected chi connectivity index (χ1v) is 9.72. The van der Waals surface area contributed by atoms with Crippen molar-refractivity contribution in [2.45, 2.75) is 72.3 Å². The van der Waals surface area contributed by atoms with Gasteiger partial charge in [0.2, 0.25) is 5.91 Å². The zero-order valence-electron chi connectivity index (χ0n) is 15.9. The van der Waals surface area contributed by atoms with Crippen LogP contribution in [0.25, 0.3) is 0 Å². The smallest absolute Gasteiger partial charge is 0.225 e. The van der Waals surface area contributed by atoms with Crippen LogP contribution in [0, 0.1) is 11.8 Å². The molecule has 23 heavy (non-hydrogen) atoms. The molecule has 1 aliphatic heterocycles. The van der Waals surface area contributed by atoms with Crippen LogP contribution in [-0.2, 0) is 4.79 Å². The van der Waals surface area contributed by atoms with Crippen molar-refractivity contribution in [3.63, 3.8) is 0 Å². The maximum atomic E-state index is 12.0. The SMILES string of the molecule is CC(C)CN1CC(C(=O)NCCCCCCCCNC(C)C)C1. The summed E-state index contributed by atoms with van der Waals surface area (Å²) in [6.45, 7) is 13.9. The maximum Gasteiger partial charge on any atom is 0.225 e. The van der Waals surface area contributed by atoms with Crippen molar-refractivity contribution >= 4 is 5.91 Å². The van der Waals surface area contributed by atoms with Gasteiger partial charge in [-0.1, -0.05) is 53.4 Å². The lowest BCUT2D eigenvalue weighted by molar-refractivity contribution is -0.130. The van der Waals surface area contributed by atoms with Gasteiger partial charge in [0.25, 0.3) is 0 Å². The van der Waals surface area contributed by atoms with E-state index in [4.69, 9.17) is 0 Å². The standard InChI is InChI=1S/C19H39N3O/c1-16(2)13-22-14-18(15-22)19(23)21-12-10-8-6-5-7-9-11-20-17(3)4/h16-18,20H,5-15H2,1-4H3,(H,21,23). The number of carbonyl (C=O) groups is 1. The molecule has 1 aliphatic rings. The molecule has 0 unspecified atom stereocenters. The molecular formula is C19H39N3O. The highest BCUT2D eigenvalue weighted by molar-refractivity contribution is 5.79. The Morgan fingerprint density at radius 3 is 2.09 bits per heavy atom. The number of likely N-dealkylation sites (tertiary alicyclic amines) is 1. The zero-order valence-corrected chi connectivity index (χ0v) is 15.9. The highest BCUT2D eigenvalue weighted by atomic mass is 16.2. The summed E-state index contributed by atoms with van der Waals surface area (Å²) in [7, 11) is 0. The molecule has 0 aromatic carbocycles. The van der Waals surface area contributed by atoms with Crippen LogP contribution in [0.1, 0.15) is 66.2 Å². The van der Waals surface area contributed by atoms with Gasteiger partial charge in [0.05, 0.1) is 5.92 Å². The second-order valence-corrected chi connectivity index (χ2v) is 7.83. The summed E-state index contributed by atoms with van der Waals surface area (Å²) in [6.07, 6.45) is 7.58. The second kappa shape index (κ2) is 11.9. The van der Waals surface area contributed by atoms with Crippen LogP contribution in [0.15, 0.2) is 0 Å². The van der Waals surface area contributed by atoms with E-state index < -0.39 is 0 Å². The third-order valence-corrected chi connectivity index (χ3v) is 4.41. The Labute approximate surface area is 143 Å². The predicted molar refractivity (Wildman–Crippen MR) is 98.6 cm³/mol. The van der Waals surface area contributed by atoms with Crippen molar-refractivity contribution < 1.29 is 4.79 Å². The van der Waals surface area contributed by atoms with Crippen molar-refractivity contribution in [2.24, 2.45) is 11.8 Å². The summed E-state index contributed by atoms with van der Waals surface area (Å²) in [4.78, 5) is 14.4. The van der Waals surface area contributed by atoms with Gasteiger partial charge in [-0.05, 0) is 25.3 Å². The summed E-state index contributed by atoms with van der Waals surface area (Å²) in [5, 5.41) is 6.56. The minimum atomic E-state index is 0.238. The minimum absolute atomic E-state index is 0.238.